The molecule has 0 spiro atoms. The lowest BCUT2D eigenvalue weighted by Crippen LogP contribution is -2.21. The van der Waals surface area contributed by atoms with E-state index in [-0.39, 0.29) is 0 Å². The van der Waals surface area contributed by atoms with Gasteiger partial charge in [-0.1, -0.05) is 0 Å². The Morgan fingerprint density at radius 3 is 2.78 bits per heavy atom. The third-order valence-corrected chi connectivity index (χ3v) is 3.53. The van der Waals surface area contributed by atoms with Gasteiger partial charge in [0.25, 0.3) is 0 Å². The molecule has 92 valence electrons. The molecule has 0 bridgehead atoms. The van der Waals surface area contributed by atoms with Crippen LogP contribution < -0.4 is 4.90 Å². The van der Waals surface area contributed by atoms with Crippen LogP contribution in [0.3, 0.4) is 0 Å². The maximum absolute atomic E-state index is 9.05. The van der Waals surface area contributed by atoms with Crippen LogP contribution in [-0.4, -0.2) is 23.6 Å². The smallest absolute Gasteiger partial charge is 0.157 e. The van der Waals surface area contributed by atoms with Crippen LogP contribution in [-0.2, 0) is 6.42 Å². The number of thiazole rings is 1. The molecule has 18 heavy (non-hydrogen) atoms. The topological polar surface area (TPSA) is 52.8 Å². The zero-order chi connectivity index (χ0) is 13.0. The highest BCUT2D eigenvalue weighted by atomic mass is 32.1. The van der Waals surface area contributed by atoms with Gasteiger partial charge in [0, 0.05) is 26.0 Å². The van der Waals surface area contributed by atoms with Gasteiger partial charge in [-0.2, -0.15) is 5.26 Å². The highest BCUT2D eigenvalue weighted by Crippen LogP contribution is 2.24. The number of aromatic nitrogens is 2. The Balaban J connectivity index is 2.04. The zero-order valence-corrected chi connectivity index (χ0v) is 11.2. The Labute approximate surface area is 111 Å². The molecule has 0 unspecified atom stereocenters. The number of nitriles is 1. The molecule has 0 aliphatic carbocycles. The van der Waals surface area contributed by atoms with E-state index >= 15 is 0 Å². The van der Waals surface area contributed by atoms with Gasteiger partial charge in [0.05, 0.1) is 5.01 Å². The fourth-order valence-electron chi connectivity index (χ4n) is 1.70. The molecule has 0 aliphatic rings. The fourth-order valence-corrected chi connectivity index (χ4v) is 2.47. The molecule has 0 N–H and O–H groups in total. The van der Waals surface area contributed by atoms with E-state index in [1.165, 1.54) is 16.9 Å². The van der Waals surface area contributed by atoms with Crippen molar-refractivity contribution in [3.63, 3.8) is 0 Å². The van der Waals surface area contributed by atoms with Crippen molar-refractivity contribution in [1.29, 1.82) is 5.26 Å². The van der Waals surface area contributed by atoms with Crippen LogP contribution in [0.2, 0.25) is 0 Å². The van der Waals surface area contributed by atoms with E-state index < -0.39 is 0 Å². The second-order valence-electron chi connectivity index (χ2n) is 4.02. The molecule has 0 saturated carbocycles. The van der Waals surface area contributed by atoms with E-state index in [9.17, 15) is 0 Å². The van der Waals surface area contributed by atoms with Crippen LogP contribution >= 0.6 is 11.3 Å². The van der Waals surface area contributed by atoms with Gasteiger partial charge < -0.3 is 4.90 Å². The van der Waals surface area contributed by atoms with Crippen molar-refractivity contribution in [3.05, 3.63) is 40.0 Å². The Bertz CT molecular complexity index is 556. The molecule has 0 aliphatic heterocycles. The zero-order valence-electron chi connectivity index (χ0n) is 10.4. The standard InChI is InChI=1S/C13H14N4S/c1-10-16-13(12(9-14)18-10)17(2)8-5-11-3-6-15-7-4-11/h3-4,6-7H,5,8H2,1-2H3. The summed E-state index contributed by atoms with van der Waals surface area (Å²) in [6, 6.07) is 6.21. The molecule has 0 aromatic carbocycles. The van der Waals surface area contributed by atoms with Crippen molar-refractivity contribution in [2.45, 2.75) is 13.3 Å². The Morgan fingerprint density at radius 1 is 1.39 bits per heavy atom. The predicted molar refractivity (Wildman–Crippen MR) is 72.8 cm³/mol. The molecule has 0 atom stereocenters. The minimum absolute atomic E-state index is 0.685. The number of pyridine rings is 1. The Hall–Kier alpha value is -1.93. The molecule has 2 aromatic heterocycles. The molecule has 2 heterocycles. The van der Waals surface area contributed by atoms with Crippen molar-refractivity contribution in [2.75, 3.05) is 18.5 Å². The van der Waals surface area contributed by atoms with E-state index in [2.05, 4.69) is 16.0 Å². The molecule has 2 aromatic rings. The van der Waals surface area contributed by atoms with Crippen molar-refractivity contribution < 1.29 is 0 Å². The van der Waals surface area contributed by atoms with Gasteiger partial charge in [-0.3, -0.25) is 4.98 Å². The summed E-state index contributed by atoms with van der Waals surface area (Å²) in [4.78, 5) is 11.1. The normalized spacial score (nSPS) is 10.1. The second-order valence-corrected chi connectivity index (χ2v) is 5.23. The first-order valence-electron chi connectivity index (χ1n) is 5.68. The molecular weight excluding hydrogens is 244 g/mol. The fraction of sp³-hybridized carbons (Fsp3) is 0.308. The van der Waals surface area contributed by atoms with E-state index in [0.717, 1.165) is 23.8 Å². The monoisotopic (exact) mass is 258 g/mol. The minimum atomic E-state index is 0.685. The first-order chi connectivity index (χ1) is 8.70. The SMILES string of the molecule is Cc1nc(N(C)CCc2ccncc2)c(C#N)s1. The van der Waals surface area contributed by atoms with Gasteiger partial charge in [0.2, 0.25) is 0 Å². The summed E-state index contributed by atoms with van der Waals surface area (Å²) in [5.41, 5.74) is 1.24. The van der Waals surface area contributed by atoms with Crippen molar-refractivity contribution in [1.82, 2.24) is 9.97 Å². The van der Waals surface area contributed by atoms with E-state index in [1.807, 2.05) is 31.0 Å². The van der Waals surface area contributed by atoms with Gasteiger partial charge in [0.15, 0.2) is 5.82 Å². The summed E-state index contributed by atoms with van der Waals surface area (Å²) >= 11 is 1.44. The van der Waals surface area contributed by atoms with Crippen LogP contribution in [0, 0.1) is 18.3 Å². The third-order valence-electron chi connectivity index (χ3n) is 2.66. The molecule has 4 nitrogen and oxygen atoms in total. The number of hydrogen-bond donors (Lipinski definition) is 0. The van der Waals surface area contributed by atoms with Crippen LogP contribution in [0.15, 0.2) is 24.5 Å². The van der Waals surface area contributed by atoms with Crippen LogP contribution in [0.1, 0.15) is 15.4 Å². The van der Waals surface area contributed by atoms with Crippen molar-refractivity contribution in [2.24, 2.45) is 0 Å². The van der Waals surface area contributed by atoms with Crippen LogP contribution in [0.5, 0.6) is 0 Å². The molecular formula is C13H14N4S. The summed E-state index contributed by atoms with van der Waals surface area (Å²) < 4.78 is 0. The lowest BCUT2D eigenvalue weighted by atomic mass is 10.2. The maximum Gasteiger partial charge on any atom is 0.157 e. The Kier molecular flexibility index (Phi) is 3.90. The van der Waals surface area contributed by atoms with Crippen LogP contribution in [0.25, 0.3) is 0 Å². The summed E-state index contributed by atoms with van der Waals surface area (Å²) in [5, 5.41) is 9.98. The largest absolute Gasteiger partial charge is 0.358 e. The van der Waals surface area contributed by atoms with Gasteiger partial charge in [0.1, 0.15) is 10.9 Å². The van der Waals surface area contributed by atoms with E-state index in [0.29, 0.717) is 4.88 Å². The first-order valence-corrected chi connectivity index (χ1v) is 6.50. The molecule has 0 radical (unpaired) electrons. The average Bonchev–Trinajstić information content (AvgIpc) is 2.78. The average molecular weight is 258 g/mol. The highest BCUT2D eigenvalue weighted by molar-refractivity contribution is 7.12. The number of anilines is 1. The second kappa shape index (κ2) is 5.61. The number of likely N-dealkylation sites (N-methyl/N-ethyl adjacent to an activating group) is 1. The van der Waals surface area contributed by atoms with Crippen molar-refractivity contribution in [3.8, 4) is 6.07 Å². The molecule has 0 saturated heterocycles. The van der Waals surface area contributed by atoms with E-state index in [4.69, 9.17) is 5.26 Å². The number of aryl methyl sites for hydroxylation is 1. The quantitative estimate of drug-likeness (QED) is 0.845. The van der Waals surface area contributed by atoms with Gasteiger partial charge >= 0.3 is 0 Å². The molecule has 0 fully saturated rings. The molecule has 5 heteroatoms. The Morgan fingerprint density at radius 2 is 2.11 bits per heavy atom. The predicted octanol–water partition coefficient (Wildman–Crippen LogP) is 2.40. The summed E-state index contributed by atoms with van der Waals surface area (Å²) in [7, 11) is 1.97. The van der Waals surface area contributed by atoms with Gasteiger partial charge in [-0.05, 0) is 31.0 Å². The number of nitrogens with zero attached hydrogens (tertiary/aromatic N) is 4. The maximum atomic E-state index is 9.05. The number of rotatable bonds is 4. The third kappa shape index (κ3) is 2.84. The highest BCUT2D eigenvalue weighted by Gasteiger charge is 2.12. The summed E-state index contributed by atoms with van der Waals surface area (Å²) in [6.07, 6.45) is 4.51. The van der Waals surface area contributed by atoms with Crippen LogP contribution in [0.4, 0.5) is 5.82 Å². The minimum Gasteiger partial charge on any atom is -0.358 e. The molecule has 2 rings (SSSR count). The van der Waals surface area contributed by atoms with Crippen molar-refractivity contribution >= 4 is 17.2 Å². The first kappa shape index (κ1) is 12.5. The summed E-state index contributed by atoms with van der Waals surface area (Å²) in [6.45, 7) is 2.76. The lowest BCUT2D eigenvalue weighted by molar-refractivity contribution is 0.859. The summed E-state index contributed by atoms with van der Waals surface area (Å²) in [5.74, 6) is 0.786. The van der Waals surface area contributed by atoms with Gasteiger partial charge in [-0.15, -0.1) is 11.3 Å². The number of hydrogen-bond acceptors (Lipinski definition) is 5. The van der Waals surface area contributed by atoms with Gasteiger partial charge in [-0.25, -0.2) is 4.98 Å². The molecule has 0 amide bonds. The van der Waals surface area contributed by atoms with E-state index in [1.54, 1.807) is 12.4 Å². The lowest BCUT2D eigenvalue weighted by Gasteiger charge is -2.16.